The normalized spacial score (nSPS) is 28.6. The van der Waals surface area contributed by atoms with Crippen LogP contribution in [0.15, 0.2) is 36.7 Å². The Morgan fingerprint density at radius 2 is 1.78 bits per heavy atom. The lowest BCUT2D eigenvalue weighted by atomic mass is 9.77. The number of carbonyl (C=O) groups excluding carboxylic acids is 3. The van der Waals surface area contributed by atoms with Crippen molar-refractivity contribution in [3.8, 4) is 6.07 Å². The molecule has 3 fully saturated rings. The predicted molar refractivity (Wildman–Crippen MR) is 139 cm³/mol. The van der Waals surface area contributed by atoms with E-state index in [1.54, 1.807) is 18.3 Å². The minimum absolute atomic E-state index is 0.0526. The summed E-state index contributed by atoms with van der Waals surface area (Å²) >= 11 is 0. The second-order valence-corrected chi connectivity index (χ2v) is 12.4. The van der Waals surface area contributed by atoms with Crippen molar-refractivity contribution in [1.29, 1.82) is 5.26 Å². The van der Waals surface area contributed by atoms with Gasteiger partial charge in [0.05, 0.1) is 6.07 Å². The lowest BCUT2D eigenvalue weighted by Crippen LogP contribution is -2.60. The zero-order valence-corrected chi connectivity index (χ0v) is 22.8. The van der Waals surface area contributed by atoms with Crippen LogP contribution >= 0.6 is 0 Å². The molecule has 1 aromatic heterocycles. The van der Waals surface area contributed by atoms with Gasteiger partial charge in [-0.3, -0.25) is 19.4 Å². The van der Waals surface area contributed by atoms with E-state index in [1.165, 1.54) is 31.9 Å². The molecule has 2 bridgehead atoms. The number of rotatable bonds is 5. The Hall–Kier alpha value is -3.75. The number of amides is 3. The third kappa shape index (κ3) is 5.11. The smallest absolute Gasteiger partial charge is 0.336 e. The minimum atomic E-state index is -5.21. The number of alkyl halides is 4. The number of nitrogens with one attached hydrogen (secondary N) is 2. The number of benzene rings is 1. The van der Waals surface area contributed by atoms with Gasteiger partial charge < -0.3 is 15.5 Å². The minimum Gasteiger partial charge on any atom is -0.336 e. The van der Waals surface area contributed by atoms with Crippen molar-refractivity contribution in [2.75, 3.05) is 6.54 Å². The molecule has 41 heavy (non-hydrogen) atoms. The SMILES string of the molecule is CC(C)(C)C(NC(=O)C(F)(F)F)C(=O)N1CC2C3CC(F)C(C3)C2C1C(=O)NC(C#N)c1cncc2ccccc12. The van der Waals surface area contributed by atoms with Crippen LogP contribution < -0.4 is 10.6 Å². The summed E-state index contributed by atoms with van der Waals surface area (Å²) in [4.78, 5) is 45.1. The van der Waals surface area contributed by atoms with E-state index in [2.05, 4.69) is 16.4 Å². The number of carbonyl (C=O) groups is 3. The van der Waals surface area contributed by atoms with E-state index in [4.69, 9.17) is 0 Å². The Bertz CT molecular complexity index is 1410. The van der Waals surface area contributed by atoms with Gasteiger partial charge in [-0.15, -0.1) is 0 Å². The highest BCUT2D eigenvalue weighted by atomic mass is 19.4. The van der Waals surface area contributed by atoms with Gasteiger partial charge in [-0.2, -0.15) is 18.4 Å². The molecule has 8 unspecified atom stereocenters. The highest BCUT2D eigenvalue weighted by Crippen LogP contribution is 2.58. The summed E-state index contributed by atoms with van der Waals surface area (Å²) < 4.78 is 54.4. The number of hydrogen-bond acceptors (Lipinski definition) is 5. The average molecular weight is 574 g/mol. The quantitative estimate of drug-likeness (QED) is 0.528. The topological polar surface area (TPSA) is 115 Å². The third-order valence-electron chi connectivity index (χ3n) is 8.89. The van der Waals surface area contributed by atoms with Gasteiger partial charge in [0.2, 0.25) is 11.8 Å². The zero-order chi connectivity index (χ0) is 29.9. The van der Waals surface area contributed by atoms with E-state index in [1.807, 2.05) is 17.4 Å². The summed E-state index contributed by atoms with van der Waals surface area (Å²) in [5, 5.41) is 16.0. The molecule has 2 N–H and O–H groups in total. The highest BCUT2D eigenvalue weighted by molar-refractivity contribution is 5.95. The fourth-order valence-electron chi connectivity index (χ4n) is 7.07. The second-order valence-electron chi connectivity index (χ2n) is 12.4. The van der Waals surface area contributed by atoms with Gasteiger partial charge in [0.15, 0.2) is 0 Å². The Morgan fingerprint density at radius 3 is 2.44 bits per heavy atom. The number of hydrogen-bond donors (Lipinski definition) is 2. The molecule has 0 radical (unpaired) electrons. The number of fused-ring (bicyclic) bond motifs is 6. The van der Waals surface area contributed by atoms with Crippen molar-refractivity contribution in [3.05, 3.63) is 42.2 Å². The van der Waals surface area contributed by atoms with Gasteiger partial charge in [0.25, 0.3) is 0 Å². The van der Waals surface area contributed by atoms with Crippen LogP contribution in [-0.2, 0) is 14.4 Å². The summed E-state index contributed by atoms with van der Waals surface area (Å²) in [7, 11) is 0. The maximum Gasteiger partial charge on any atom is 0.471 e. The predicted octanol–water partition coefficient (Wildman–Crippen LogP) is 3.83. The first kappa shape index (κ1) is 28.8. The van der Waals surface area contributed by atoms with Gasteiger partial charge in [0, 0.05) is 29.9 Å². The lowest BCUT2D eigenvalue weighted by Gasteiger charge is -2.37. The van der Waals surface area contributed by atoms with Gasteiger partial charge in [-0.25, -0.2) is 4.39 Å². The van der Waals surface area contributed by atoms with Crippen molar-refractivity contribution in [3.63, 3.8) is 0 Å². The first-order valence-electron chi connectivity index (χ1n) is 13.6. The van der Waals surface area contributed by atoms with Crippen molar-refractivity contribution in [1.82, 2.24) is 20.5 Å². The molecule has 2 heterocycles. The van der Waals surface area contributed by atoms with Crippen LogP contribution in [0.5, 0.6) is 0 Å². The first-order valence-corrected chi connectivity index (χ1v) is 13.6. The molecular formula is C29H31F4N5O3. The van der Waals surface area contributed by atoms with E-state index in [0.717, 1.165) is 5.39 Å². The Morgan fingerprint density at radius 1 is 1.07 bits per heavy atom. The molecular weight excluding hydrogens is 542 g/mol. The van der Waals surface area contributed by atoms with Crippen LogP contribution in [0.4, 0.5) is 17.6 Å². The van der Waals surface area contributed by atoms with E-state index in [9.17, 15) is 37.2 Å². The second kappa shape index (κ2) is 10.3. The summed E-state index contributed by atoms with van der Waals surface area (Å²) in [5.74, 6) is -5.14. The van der Waals surface area contributed by atoms with Gasteiger partial charge >= 0.3 is 12.1 Å². The molecule has 1 saturated heterocycles. The molecule has 2 aliphatic carbocycles. The fraction of sp³-hybridized carbons (Fsp3) is 0.552. The van der Waals surface area contributed by atoms with Crippen LogP contribution in [0.25, 0.3) is 10.8 Å². The standard InChI is InChI=1S/C29H31F4N5O3/c1-28(2,3)24(37-27(41)29(31,32)33)26(40)38-13-19-15-8-17(20(30)9-15)22(19)23(38)25(39)36-21(10-34)18-12-35-11-14-6-4-5-7-16(14)18/h4-7,11-12,15,17,19-24H,8-9,13H2,1-3H3,(H,36,39)(H,37,41). The largest absolute Gasteiger partial charge is 0.471 e. The Balaban J connectivity index is 1.49. The fourth-order valence-corrected chi connectivity index (χ4v) is 7.07. The maximum absolute atomic E-state index is 15.0. The number of pyridine rings is 1. The number of likely N-dealkylation sites (tertiary alicyclic amines) is 1. The molecule has 3 amide bonds. The van der Waals surface area contributed by atoms with Gasteiger partial charge in [-0.05, 0) is 47.3 Å². The summed E-state index contributed by atoms with van der Waals surface area (Å²) in [6.45, 7) is 4.59. The molecule has 12 heteroatoms. The van der Waals surface area contributed by atoms with Crippen LogP contribution in [0, 0.1) is 40.4 Å². The number of halogens is 4. The van der Waals surface area contributed by atoms with Crippen molar-refractivity contribution >= 4 is 28.5 Å². The molecule has 2 saturated carbocycles. The summed E-state index contributed by atoms with van der Waals surface area (Å²) in [5.41, 5.74) is -0.699. The first-order chi connectivity index (χ1) is 19.2. The number of nitriles is 1. The monoisotopic (exact) mass is 573 g/mol. The van der Waals surface area contributed by atoms with Crippen molar-refractivity contribution in [2.24, 2.45) is 29.1 Å². The summed E-state index contributed by atoms with van der Waals surface area (Å²) in [6, 6.07) is 5.28. The molecule has 8 atom stereocenters. The number of aromatic nitrogens is 1. The zero-order valence-electron chi connectivity index (χ0n) is 22.8. The van der Waals surface area contributed by atoms with E-state index in [0.29, 0.717) is 23.8 Å². The van der Waals surface area contributed by atoms with Crippen molar-refractivity contribution in [2.45, 2.75) is 64.1 Å². The van der Waals surface area contributed by atoms with Gasteiger partial charge in [0.1, 0.15) is 24.3 Å². The van der Waals surface area contributed by atoms with Crippen LogP contribution in [0.3, 0.4) is 0 Å². The molecule has 8 nitrogen and oxygen atoms in total. The van der Waals surface area contributed by atoms with E-state index >= 15 is 0 Å². The molecule has 5 rings (SSSR count). The lowest BCUT2D eigenvalue weighted by molar-refractivity contribution is -0.176. The molecule has 0 spiro atoms. The van der Waals surface area contributed by atoms with Gasteiger partial charge in [-0.1, -0.05) is 45.0 Å². The van der Waals surface area contributed by atoms with Crippen LogP contribution in [0.1, 0.15) is 45.2 Å². The van der Waals surface area contributed by atoms with E-state index < -0.39 is 65.4 Å². The van der Waals surface area contributed by atoms with Crippen molar-refractivity contribution < 1.29 is 31.9 Å². The van der Waals surface area contributed by atoms with Crippen LogP contribution in [-0.4, -0.2) is 58.6 Å². The summed E-state index contributed by atoms with van der Waals surface area (Å²) in [6.07, 6.45) is -2.42. The molecule has 1 aromatic carbocycles. The highest BCUT2D eigenvalue weighted by Gasteiger charge is 2.63. The van der Waals surface area contributed by atoms with E-state index in [-0.39, 0.29) is 18.4 Å². The van der Waals surface area contributed by atoms with Crippen LogP contribution in [0.2, 0.25) is 0 Å². The Labute approximate surface area is 234 Å². The third-order valence-corrected chi connectivity index (χ3v) is 8.89. The molecule has 218 valence electrons. The Kier molecular flexibility index (Phi) is 7.20. The molecule has 3 aliphatic rings. The molecule has 2 aromatic rings. The maximum atomic E-state index is 15.0. The molecule has 1 aliphatic heterocycles. The average Bonchev–Trinajstić information content (AvgIpc) is 3.58. The number of nitrogens with zero attached hydrogens (tertiary/aromatic N) is 3.